The van der Waals surface area contributed by atoms with Gasteiger partial charge < -0.3 is 9.15 Å². The van der Waals surface area contributed by atoms with Gasteiger partial charge in [0.05, 0.1) is 7.11 Å². The lowest BCUT2D eigenvalue weighted by molar-refractivity contribution is 0.0564. The Balaban J connectivity index is 2.70. The summed E-state index contributed by atoms with van der Waals surface area (Å²) in [5, 5.41) is 0. The molecular formula is C10H9ClO3. The highest BCUT2D eigenvalue weighted by molar-refractivity contribution is 6.18. The van der Waals surface area contributed by atoms with E-state index in [-0.39, 0.29) is 5.76 Å². The van der Waals surface area contributed by atoms with E-state index in [1.807, 2.05) is 0 Å². The van der Waals surface area contributed by atoms with Gasteiger partial charge in [0.25, 0.3) is 0 Å². The van der Waals surface area contributed by atoms with Crippen molar-refractivity contribution in [2.45, 2.75) is 6.42 Å². The molecule has 14 heavy (non-hydrogen) atoms. The maximum Gasteiger partial charge on any atom is 0.374 e. The van der Waals surface area contributed by atoms with Crippen molar-refractivity contribution in [3.05, 3.63) is 23.7 Å². The van der Waals surface area contributed by atoms with E-state index in [2.05, 4.69) is 16.6 Å². The molecule has 1 heterocycles. The van der Waals surface area contributed by atoms with Gasteiger partial charge in [-0.25, -0.2) is 4.79 Å². The van der Waals surface area contributed by atoms with Gasteiger partial charge in [0.2, 0.25) is 5.76 Å². The summed E-state index contributed by atoms with van der Waals surface area (Å²) in [7, 11) is 1.30. The van der Waals surface area contributed by atoms with E-state index in [0.717, 1.165) is 0 Å². The molecule has 1 rings (SSSR count). The molecule has 0 bridgehead atoms. The summed E-state index contributed by atoms with van der Waals surface area (Å²) in [5.74, 6) is 6.10. The number of esters is 1. The van der Waals surface area contributed by atoms with Crippen LogP contribution in [0.25, 0.3) is 0 Å². The van der Waals surface area contributed by atoms with Gasteiger partial charge in [-0.2, -0.15) is 0 Å². The lowest BCUT2D eigenvalue weighted by Gasteiger charge is -1.90. The number of halogens is 1. The van der Waals surface area contributed by atoms with Crippen LogP contribution in [-0.2, 0) is 4.74 Å². The molecule has 3 nitrogen and oxygen atoms in total. The second-order valence-corrected chi connectivity index (χ2v) is 2.77. The van der Waals surface area contributed by atoms with Gasteiger partial charge in [0.15, 0.2) is 5.76 Å². The Kier molecular flexibility index (Phi) is 4.09. The van der Waals surface area contributed by atoms with Crippen LogP contribution in [-0.4, -0.2) is 19.0 Å². The van der Waals surface area contributed by atoms with Crippen molar-refractivity contribution in [2.24, 2.45) is 0 Å². The first-order valence-electron chi connectivity index (χ1n) is 4.01. The number of hydrogen-bond acceptors (Lipinski definition) is 3. The number of furan rings is 1. The zero-order chi connectivity index (χ0) is 10.4. The molecule has 0 saturated heterocycles. The standard InChI is InChI=1S/C10H9ClO3/c1-13-10(12)9-6-5-8(14-9)4-2-3-7-11/h5-6H,3,7H2,1H3. The Bertz CT molecular complexity index is 370. The number of rotatable bonds is 2. The fourth-order valence-electron chi connectivity index (χ4n) is 0.812. The van der Waals surface area contributed by atoms with E-state index in [9.17, 15) is 4.79 Å². The molecule has 74 valence electrons. The topological polar surface area (TPSA) is 39.4 Å². The van der Waals surface area contributed by atoms with Crippen LogP contribution < -0.4 is 0 Å². The highest BCUT2D eigenvalue weighted by Gasteiger charge is 2.09. The number of carbonyl (C=O) groups is 1. The van der Waals surface area contributed by atoms with Gasteiger partial charge in [0.1, 0.15) is 0 Å². The molecule has 0 N–H and O–H groups in total. The van der Waals surface area contributed by atoms with E-state index in [0.29, 0.717) is 18.1 Å². The molecule has 1 aromatic rings. The summed E-state index contributed by atoms with van der Waals surface area (Å²) < 4.78 is 9.56. The molecule has 0 amide bonds. The lowest BCUT2D eigenvalue weighted by Crippen LogP contribution is -1.98. The molecule has 0 aliphatic heterocycles. The van der Waals surface area contributed by atoms with Crippen LogP contribution in [0.3, 0.4) is 0 Å². The molecule has 0 aliphatic rings. The smallest absolute Gasteiger partial charge is 0.374 e. The number of hydrogen-bond donors (Lipinski definition) is 0. The summed E-state index contributed by atoms with van der Waals surface area (Å²) in [6.07, 6.45) is 0.593. The highest BCUT2D eigenvalue weighted by Crippen LogP contribution is 2.07. The van der Waals surface area contributed by atoms with Gasteiger partial charge in [-0.1, -0.05) is 5.92 Å². The van der Waals surface area contributed by atoms with Gasteiger partial charge in [0, 0.05) is 12.3 Å². The van der Waals surface area contributed by atoms with E-state index < -0.39 is 5.97 Å². The van der Waals surface area contributed by atoms with Crippen molar-refractivity contribution in [3.63, 3.8) is 0 Å². The summed E-state index contributed by atoms with van der Waals surface area (Å²) in [6.45, 7) is 0. The van der Waals surface area contributed by atoms with E-state index >= 15 is 0 Å². The van der Waals surface area contributed by atoms with Crippen molar-refractivity contribution >= 4 is 17.6 Å². The number of carbonyl (C=O) groups excluding carboxylic acids is 1. The zero-order valence-corrected chi connectivity index (χ0v) is 8.43. The fourth-order valence-corrected chi connectivity index (χ4v) is 0.907. The first kappa shape index (κ1) is 10.7. The predicted octanol–water partition coefficient (Wildman–Crippen LogP) is 2.05. The third kappa shape index (κ3) is 2.82. The normalized spacial score (nSPS) is 9.00. The highest BCUT2D eigenvalue weighted by atomic mass is 35.5. The van der Waals surface area contributed by atoms with E-state index in [4.69, 9.17) is 16.0 Å². The maximum atomic E-state index is 11.0. The first-order chi connectivity index (χ1) is 6.77. The Morgan fingerprint density at radius 3 is 3.07 bits per heavy atom. The Morgan fingerprint density at radius 1 is 1.64 bits per heavy atom. The second-order valence-electron chi connectivity index (χ2n) is 2.40. The molecule has 4 heteroatoms. The molecule has 0 unspecified atom stereocenters. The maximum absolute atomic E-state index is 11.0. The van der Waals surface area contributed by atoms with Crippen molar-refractivity contribution in [1.82, 2.24) is 0 Å². The van der Waals surface area contributed by atoms with Crippen molar-refractivity contribution < 1.29 is 13.9 Å². The number of ether oxygens (including phenoxy) is 1. The summed E-state index contributed by atoms with van der Waals surface area (Å²) in [6, 6.07) is 3.14. The molecule has 0 radical (unpaired) electrons. The summed E-state index contributed by atoms with van der Waals surface area (Å²) >= 11 is 5.44. The molecule has 0 atom stereocenters. The molecule has 0 aromatic carbocycles. The monoisotopic (exact) mass is 212 g/mol. The van der Waals surface area contributed by atoms with Crippen LogP contribution >= 0.6 is 11.6 Å². The average Bonchev–Trinajstić information content (AvgIpc) is 2.66. The second kappa shape index (κ2) is 5.36. The van der Waals surface area contributed by atoms with Crippen molar-refractivity contribution in [1.29, 1.82) is 0 Å². The van der Waals surface area contributed by atoms with Crippen LogP contribution in [0.1, 0.15) is 22.7 Å². The van der Waals surface area contributed by atoms with Gasteiger partial charge in [-0.15, -0.1) is 11.6 Å². The van der Waals surface area contributed by atoms with Crippen LogP contribution in [0.2, 0.25) is 0 Å². The number of methoxy groups -OCH3 is 1. The molecule has 0 spiro atoms. The van der Waals surface area contributed by atoms with Crippen LogP contribution in [0.4, 0.5) is 0 Å². The molecular weight excluding hydrogens is 204 g/mol. The van der Waals surface area contributed by atoms with Gasteiger partial charge >= 0.3 is 5.97 Å². The Morgan fingerprint density at radius 2 is 2.43 bits per heavy atom. The average molecular weight is 213 g/mol. The molecule has 0 saturated carbocycles. The third-order valence-electron chi connectivity index (χ3n) is 1.42. The van der Waals surface area contributed by atoms with Crippen molar-refractivity contribution in [3.8, 4) is 11.8 Å². The fraction of sp³-hybridized carbons (Fsp3) is 0.300. The molecule has 1 aromatic heterocycles. The minimum atomic E-state index is -0.504. The van der Waals surface area contributed by atoms with Gasteiger partial charge in [-0.05, 0) is 18.1 Å². The SMILES string of the molecule is COC(=O)c1ccc(C#CCCCl)o1. The lowest BCUT2D eigenvalue weighted by atomic mass is 10.4. The van der Waals surface area contributed by atoms with Gasteiger partial charge in [-0.3, -0.25) is 0 Å². The van der Waals surface area contributed by atoms with Crippen LogP contribution in [0.15, 0.2) is 16.5 Å². The third-order valence-corrected chi connectivity index (χ3v) is 1.61. The minimum absolute atomic E-state index is 0.155. The zero-order valence-electron chi connectivity index (χ0n) is 7.67. The number of alkyl halides is 1. The molecule has 0 aliphatic carbocycles. The quantitative estimate of drug-likeness (QED) is 0.428. The summed E-state index contributed by atoms with van der Waals surface area (Å²) in [5.41, 5.74) is 0. The Hall–Kier alpha value is -1.40. The van der Waals surface area contributed by atoms with E-state index in [1.165, 1.54) is 13.2 Å². The minimum Gasteiger partial charge on any atom is -0.463 e. The summed E-state index contributed by atoms with van der Waals surface area (Å²) in [4.78, 5) is 11.0. The van der Waals surface area contributed by atoms with Crippen LogP contribution in [0.5, 0.6) is 0 Å². The van der Waals surface area contributed by atoms with Crippen molar-refractivity contribution in [2.75, 3.05) is 13.0 Å². The first-order valence-corrected chi connectivity index (χ1v) is 4.54. The predicted molar refractivity (Wildman–Crippen MR) is 52.3 cm³/mol. The van der Waals surface area contributed by atoms with E-state index in [1.54, 1.807) is 6.07 Å². The van der Waals surface area contributed by atoms with Crippen LogP contribution in [0, 0.1) is 11.8 Å². The Labute approximate surface area is 87.0 Å². The largest absolute Gasteiger partial charge is 0.463 e. The molecule has 0 fully saturated rings.